The fourth-order valence-electron chi connectivity index (χ4n) is 2.40. The van der Waals surface area contributed by atoms with Gasteiger partial charge in [-0.2, -0.15) is 0 Å². The summed E-state index contributed by atoms with van der Waals surface area (Å²) >= 11 is 5.86. The smallest absolute Gasteiger partial charge is 0.129 e. The lowest BCUT2D eigenvalue weighted by molar-refractivity contribution is 0.278. The second-order valence-electron chi connectivity index (χ2n) is 4.70. The Hall–Kier alpha value is -0.600. The summed E-state index contributed by atoms with van der Waals surface area (Å²) in [6, 6.07) is 6.44. The molecule has 1 aromatic rings. The number of nitrogens with one attached hydrogen (secondary N) is 1. The Balaban J connectivity index is 1.86. The molecule has 3 heteroatoms. The van der Waals surface area contributed by atoms with Gasteiger partial charge in [-0.3, -0.25) is 0 Å². The van der Waals surface area contributed by atoms with E-state index in [1.165, 1.54) is 25.7 Å². The third-order valence-corrected chi connectivity index (χ3v) is 3.64. The second-order valence-corrected chi connectivity index (χ2v) is 5.09. The van der Waals surface area contributed by atoms with Crippen molar-refractivity contribution in [1.29, 1.82) is 0 Å². The van der Waals surface area contributed by atoms with Crippen LogP contribution in [0.5, 0.6) is 0 Å². The summed E-state index contributed by atoms with van der Waals surface area (Å²) in [5.74, 6) is 0.785. The molecule has 0 aliphatic heterocycles. The first-order valence-electron chi connectivity index (χ1n) is 6.10. The molecule has 1 aromatic heterocycles. The van der Waals surface area contributed by atoms with Crippen LogP contribution in [-0.4, -0.2) is 11.0 Å². The summed E-state index contributed by atoms with van der Waals surface area (Å²) in [6.45, 7) is 3.16. The van der Waals surface area contributed by atoms with Crippen molar-refractivity contribution in [1.82, 2.24) is 10.3 Å². The molecule has 16 heavy (non-hydrogen) atoms. The van der Waals surface area contributed by atoms with E-state index in [0.717, 1.165) is 18.2 Å². The number of aromatic nitrogens is 1. The number of halogens is 1. The molecule has 0 radical (unpaired) electrons. The molecular formula is C13H19ClN2. The molecule has 1 aliphatic carbocycles. The molecule has 0 bridgehead atoms. The normalized spacial score (nSPS) is 25.6. The topological polar surface area (TPSA) is 24.9 Å². The van der Waals surface area contributed by atoms with Gasteiger partial charge in [0.25, 0.3) is 0 Å². The van der Waals surface area contributed by atoms with E-state index in [9.17, 15) is 0 Å². The van der Waals surface area contributed by atoms with Gasteiger partial charge < -0.3 is 5.32 Å². The van der Waals surface area contributed by atoms with Crippen LogP contribution in [0.4, 0.5) is 0 Å². The summed E-state index contributed by atoms with van der Waals surface area (Å²) < 4.78 is 0. The van der Waals surface area contributed by atoms with E-state index < -0.39 is 0 Å². The van der Waals surface area contributed by atoms with E-state index in [1.54, 1.807) is 0 Å². The first kappa shape index (κ1) is 11.9. The monoisotopic (exact) mass is 238 g/mol. The zero-order chi connectivity index (χ0) is 11.4. The molecule has 2 nitrogen and oxygen atoms in total. The van der Waals surface area contributed by atoms with Gasteiger partial charge in [-0.15, -0.1) is 0 Å². The lowest BCUT2D eigenvalue weighted by Crippen LogP contribution is -2.36. The minimum Gasteiger partial charge on any atom is -0.308 e. The summed E-state index contributed by atoms with van der Waals surface area (Å²) in [4.78, 5) is 4.29. The Bertz CT molecular complexity index is 340. The predicted octanol–water partition coefficient (Wildman–Crippen LogP) is 3.40. The Morgan fingerprint density at radius 3 is 2.94 bits per heavy atom. The van der Waals surface area contributed by atoms with Crippen LogP contribution in [0.3, 0.4) is 0 Å². The molecule has 1 saturated carbocycles. The predicted molar refractivity (Wildman–Crippen MR) is 67.5 cm³/mol. The van der Waals surface area contributed by atoms with E-state index in [0.29, 0.717) is 11.2 Å². The van der Waals surface area contributed by atoms with Crippen LogP contribution >= 0.6 is 11.6 Å². The second kappa shape index (κ2) is 5.65. The molecule has 1 fully saturated rings. The van der Waals surface area contributed by atoms with E-state index in [4.69, 9.17) is 11.6 Å². The molecule has 1 aliphatic rings. The Kier molecular flexibility index (Phi) is 4.19. The molecule has 0 aromatic carbocycles. The minimum absolute atomic E-state index is 0.580. The average molecular weight is 239 g/mol. The van der Waals surface area contributed by atoms with Crippen LogP contribution < -0.4 is 5.32 Å². The van der Waals surface area contributed by atoms with Gasteiger partial charge in [0.05, 0.1) is 5.69 Å². The van der Waals surface area contributed by atoms with Crippen LogP contribution in [0, 0.1) is 5.92 Å². The first-order chi connectivity index (χ1) is 7.75. The maximum Gasteiger partial charge on any atom is 0.129 e. The number of hydrogen-bond acceptors (Lipinski definition) is 2. The van der Waals surface area contributed by atoms with Crippen LogP contribution in [0.2, 0.25) is 5.15 Å². The molecule has 1 N–H and O–H groups in total. The SMILES string of the molecule is C[C@@H]1CCCC[C@@H]1NCc1cccc(Cl)n1. The van der Waals surface area contributed by atoms with Gasteiger partial charge in [0.2, 0.25) is 0 Å². The van der Waals surface area contributed by atoms with E-state index in [1.807, 2.05) is 18.2 Å². The fraction of sp³-hybridized carbons (Fsp3) is 0.615. The number of hydrogen-bond donors (Lipinski definition) is 1. The summed E-state index contributed by atoms with van der Waals surface area (Å²) in [6.07, 6.45) is 5.38. The Morgan fingerprint density at radius 2 is 2.19 bits per heavy atom. The zero-order valence-corrected chi connectivity index (χ0v) is 10.5. The maximum atomic E-state index is 5.86. The molecule has 0 amide bonds. The highest BCUT2D eigenvalue weighted by Gasteiger charge is 2.20. The van der Waals surface area contributed by atoms with Crippen molar-refractivity contribution in [3.8, 4) is 0 Å². The maximum absolute atomic E-state index is 5.86. The largest absolute Gasteiger partial charge is 0.308 e. The van der Waals surface area contributed by atoms with Gasteiger partial charge in [-0.25, -0.2) is 4.98 Å². The molecule has 0 unspecified atom stereocenters. The molecule has 0 spiro atoms. The van der Waals surface area contributed by atoms with Gasteiger partial charge in [0.15, 0.2) is 0 Å². The van der Waals surface area contributed by atoms with Gasteiger partial charge in [0.1, 0.15) is 5.15 Å². The average Bonchev–Trinajstić information content (AvgIpc) is 2.28. The number of rotatable bonds is 3. The highest BCUT2D eigenvalue weighted by molar-refractivity contribution is 6.29. The highest BCUT2D eigenvalue weighted by atomic mass is 35.5. The molecule has 0 saturated heterocycles. The van der Waals surface area contributed by atoms with Crippen molar-refractivity contribution in [3.05, 3.63) is 29.0 Å². The van der Waals surface area contributed by atoms with Crippen molar-refractivity contribution in [2.45, 2.75) is 45.2 Å². The quantitative estimate of drug-likeness (QED) is 0.817. The summed E-state index contributed by atoms with van der Waals surface area (Å²) in [5.41, 5.74) is 1.03. The van der Waals surface area contributed by atoms with E-state index in [-0.39, 0.29) is 0 Å². The number of nitrogens with zero attached hydrogens (tertiary/aromatic N) is 1. The summed E-state index contributed by atoms with van der Waals surface area (Å²) in [5, 5.41) is 4.17. The highest BCUT2D eigenvalue weighted by Crippen LogP contribution is 2.23. The van der Waals surface area contributed by atoms with Crippen LogP contribution in [0.25, 0.3) is 0 Å². The van der Waals surface area contributed by atoms with Crippen LogP contribution in [0.1, 0.15) is 38.3 Å². The third kappa shape index (κ3) is 3.19. The molecule has 2 atom stereocenters. The lowest BCUT2D eigenvalue weighted by atomic mass is 9.86. The van der Waals surface area contributed by atoms with Gasteiger partial charge >= 0.3 is 0 Å². The molecular weight excluding hydrogens is 220 g/mol. The molecule has 88 valence electrons. The zero-order valence-electron chi connectivity index (χ0n) is 9.75. The Morgan fingerprint density at radius 1 is 1.38 bits per heavy atom. The molecule has 1 heterocycles. The first-order valence-corrected chi connectivity index (χ1v) is 6.48. The van der Waals surface area contributed by atoms with E-state index in [2.05, 4.69) is 17.2 Å². The van der Waals surface area contributed by atoms with Crippen molar-refractivity contribution in [2.75, 3.05) is 0 Å². The van der Waals surface area contributed by atoms with Gasteiger partial charge in [-0.1, -0.05) is 37.4 Å². The van der Waals surface area contributed by atoms with Gasteiger partial charge in [0, 0.05) is 12.6 Å². The van der Waals surface area contributed by atoms with Crippen molar-refractivity contribution in [2.24, 2.45) is 5.92 Å². The molecule has 2 rings (SSSR count). The van der Waals surface area contributed by atoms with Crippen molar-refractivity contribution < 1.29 is 0 Å². The standard InChI is InChI=1S/C13H19ClN2/c1-10-5-2-3-7-12(10)15-9-11-6-4-8-13(14)16-11/h4,6,8,10,12,15H,2-3,5,7,9H2,1H3/t10-,12+/m1/s1. The van der Waals surface area contributed by atoms with Crippen molar-refractivity contribution >= 4 is 11.6 Å². The van der Waals surface area contributed by atoms with Crippen LogP contribution in [0.15, 0.2) is 18.2 Å². The van der Waals surface area contributed by atoms with Crippen LogP contribution in [-0.2, 0) is 6.54 Å². The lowest BCUT2D eigenvalue weighted by Gasteiger charge is -2.29. The fourth-order valence-corrected chi connectivity index (χ4v) is 2.59. The number of pyridine rings is 1. The third-order valence-electron chi connectivity index (χ3n) is 3.43. The minimum atomic E-state index is 0.580. The van der Waals surface area contributed by atoms with E-state index >= 15 is 0 Å². The summed E-state index contributed by atoms with van der Waals surface area (Å²) in [7, 11) is 0. The Labute approximate surface area is 102 Å². The van der Waals surface area contributed by atoms with Crippen molar-refractivity contribution in [3.63, 3.8) is 0 Å². The van der Waals surface area contributed by atoms with Gasteiger partial charge in [-0.05, 0) is 30.9 Å².